The molecule has 0 saturated carbocycles. The van der Waals surface area contributed by atoms with E-state index in [1.807, 2.05) is 20.8 Å². The summed E-state index contributed by atoms with van der Waals surface area (Å²) in [6.07, 6.45) is -0.706. The second kappa shape index (κ2) is 23.7. The fourth-order valence-corrected chi connectivity index (χ4v) is 13.7. The lowest BCUT2D eigenvalue weighted by Gasteiger charge is -2.21. The van der Waals surface area contributed by atoms with Crippen LogP contribution in [0.25, 0.3) is 0 Å². The van der Waals surface area contributed by atoms with Gasteiger partial charge in [-0.15, -0.1) is 0 Å². The average molecular weight is 915 g/mol. The molecule has 2 rings (SSSR count). The highest BCUT2D eigenvalue weighted by atomic mass is 31.3. The van der Waals surface area contributed by atoms with E-state index < -0.39 is 72.0 Å². The normalized spacial score (nSPS) is 29.4. The first-order valence-electron chi connectivity index (χ1n) is 16.0. The first kappa shape index (κ1) is 53.0. The molecule has 30 heteroatoms. The molecule has 4 N–H and O–H groups in total. The predicted octanol–water partition coefficient (Wildman–Crippen LogP) is 5.51. The van der Waals surface area contributed by atoms with Crippen molar-refractivity contribution in [1.29, 1.82) is 0 Å². The third-order valence-corrected chi connectivity index (χ3v) is 18.6. The van der Waals surface area contributed by atoms with E-state index >= 15 is 0 Å². The number of aliphatic hydroxyl groups excluding tert-OH is 2. The molecule has 11 unspecified atom stereocenters. The van der Waals surface area contributed by atoms with Crippen LogP contribution in [0.3, 0.4) is 0 Å². The molecule has 54 heavy (non-hydrogen) atoms. The number of phosphoric acid groups is 4. The summed E-state index contributed by atoms with van der Waals surface area (Å²) in [6, 6.07) is 0. The van der Waals surface area contributed by atoms with Gasteiger partial charge in [0.05, 0.1) is 38.6 Å². The Morgan fingerprint density at radius 3 is 1.39 bits per heavy atom. The standard InChI is InChI=1S/2C12H28O12P3/c1-7-10-9(2)22-11(12(10)13)8-21-26(15,19-5)24-27(16,20-6)23-25(14,17-3)18-4;1-6-7-10-8-11(13)12(22-10)9-21-26(15,19-4)24-27(16,20-5)23-25(14,17-2)18-3/h9-13,15H,7-8H2,1-6H3;10-13,15H,6-9H2,1-5H3/q2*+1. The van der Waals surface area contributed by atoms with Crippen molar-refractivity contribution in [2.45, 2.75) is 83.1 Å². The molecule has 2 heterocycles. The van der Waals surface area contributed by atoms with Crippen LogP contribution in [0.2, 0.25) is 0 Å². The Kier molecular flexibility index (Phi) is 23.2. The van der Waals surface area contributed by atoms with Crippen LogP contribution in [-0.2, 0) is 90.2 Å². The maximum atomic E-state index is 12.5. The van der Waals surface area contributed by atoms with Gasteiger partial charge in [-0.3, -0.25) is 27.1 Å². The molecule has 0 amide bonds. The lowest BCUT2D eigenvalue weighted by atomic mass is 9.95. The van der Waals surface area contributed by atoms with E-state index in [2.05, 4.69) is 35.8 Å². The fourth-order valence-electron chi connectivity index (χ4n) is 4.69. The van der Waals surface area contributed by atoms with Crippen LogP contribution in [0.1, 0.15) is 46.5 Å². The van der Waals surface area contributed by atoms with Gasteiger partial charge in [0.2, 0.25) is 0 Å². The Labute approximate surface area is 316 Å². The SMILES string of the molecule is CCC1C(C)OC(CO[P+](O)(OC)OP(=O)(OC)OP(=O)(OC)OC)C1O.CCCC1CC(O)C(CO[P+](O)(OC)OP(=O)(OC)OP(=O)(OC)OC)O1. The van der Waals surface area contributed by atoms with E-state index in [9.17, 15) is 38.3 Å². The third kappa shape index (κ3) is 16.2. The van der Waals surface area contributed by atoms with E-state index in [0.29, 0.717) is 12.8 Å². The maximum Gasteiger partial charge on any atom is 0.583 e. The lowest BCUT2D eigenvalue weighted by molar-refractivity contribution is -0.0281. The van der Waals surface area contributed by atoms with Crippen LogP contribution < -0.4 is 0 Å². The van der Waals surface area contributed by atoms with Crippen molar-refractivity contribution in [1.82, 2.24) is 0 Å². The molecule has 0 aromatic rings. The van der Waals surface area contributed by atoms with Gasteiger partial charge in [-0.25, -0.2) is 18.3 Å². The fraction of sp³-hybridized carbons (Fsp3) is 1.00. The highest BCUT2D eigenvalue weighted by molar-refractivity contribution is 7.70. The molecular formula is C24H56O24P6+2. The van der Waals surface area contributed by atoms with Crippen molar-refractivity contribution >= 4 is 47.6 Å². The number of ether oxygens (including phenoxy) is 2. The Bertz CT molecular complexity index is 1280. The second-order valence-electron chi connectivity index (χ2n) is 10.9. The van der Waals surface area contributed by atoms with Crippen LogP contribution in [0.5, 0.6) is 0 Å². The summed E-state index contributed by atoms with van der Waals surface area (Å²) in [5, 5.41) is 20.3. The Morgan fingerprint density at radius 1 is 0.648 bits per heavy atom. The van der Waals surface area contributed by atoms with Gasteiger partial charge < -0.3 is 19.7 Å². The molecule has 2 saturated heterocycles. The van der Waals surface area contributed by atoms with Crippen LogP contribution >= 0.6 is 47.6 Å². The molecule has 0 aliphatic carbocycles. The Morgan fingerprint density at radius 2 is 1.06 bits per heavy atom. The van der Waals surface area contributed by atoms with Crippen LogP contribution in [0.15, 0.2) is 0 Å². The van der Waals surface area contributed by atoms with Crippen LogP contribution in [-0.4, -0.2) is 127 Å². The zero-order valence-corrected chi connectivity index (χ0v) is 37.3. The first-order chi connectivity index (χ1) is 25.1. The largest absolute Gasteiger partial charge is 0.583 e. The van der Waals surface area contributed by atoms with Crippen LogP contribution in [0, 0.1) is 5.92 Å². The smallest absolute Gasteiger partial charge is 0.390 e. The van der Waals surface area contributed by atoms with E-state index in [1.54, 1.807) is 0 Å². The van der Waals surface area contributed by atoms with Crippen molar-refractivity contribution in [3.05, 3.63) is 0 Å². The van der Waals surface area contributed by atoms with Crippen molar-refractivity contribution < 1.29 is 110 Å². The van der Waals surface area contributed by atoms with Gasteiger partial charge in [0, 0.05) is 55.0 Å². The number of rotatable bonds is 25. The van der Waals surface area contributed by atoms with Gasteiger partial charge in [0.15, 0.2) is 0 Å². The van der Waals surface area contributed by atoms with Gasteiger partial charge >= 0.3 is 47.6 Å². The molecule has 2 aliphatic heterocycles. The Balaban J connectivity index is 0.000000540. The number of phosphoric ester groups is 2. The molecule has 24 nitrogen and oxygen atoms in total. The minimum absolute atomic E-state index is 0.101. The quantitative estimate of drug-likeness (QED) is 0.0821. The molecule has 0 aromatic heterocycles. The predicted molar refractivity (Wildman–Crippen MR) is 189 cm³/mol. The van der Waals surface area contributed by atoms with Gasteiger partial charge in [-0.1, -0.05) is 20.3 Å². The summed E-state index contributed by atoms with van der Waals surface area (Å²) < 4.78 is 126. The molecule has 2 aliphatic rings. The van der Waals surface area contributed by atoms with E-state index in [0.717, 1.165) is 69.7 Å². The molecular weight excluding hydrogens is 858 g/mol. The highest BCUT2D eigenvalue weighted by Crippen LogP contribution is 2.76. The van der Waals surface area contributed by atoms with Gasteiger partial charge in [0.1, 0.15) is 25.4 Å². The minimum Gasteiger partial charge on any atom is -0.390 e. The summed E-state index contributed by atoms with van der Waals surface area (Å²) in [5.74, 6) is -0.101. The number of hydrogen-bond acceptors (Lipinski definition) is 24. The van der Waals surface area contributed by atoms with E-state index in [4.69, 9.17) is 36.2 Å². The van der Waals surface area contributed by atoms with Crippen molar-refractivity contribution in [2.24, 2.45) is 5.92 Å². The molecule has 0 aromatic carbocycles. The maximum absolute atomic E-state index is 12.5. The molecule has 324 valence electrons. The van der Waals surface area contributed by atoms with Gasteiger partial charge in [-0.2, -0.15) is 36.5 Å². The number of hydrogen-bond donors (Lipinski definition) is 4. The van der Waals surface area contributed by atoms with Gasteiger partial charge in [-0.05, 0) is 28.4 Å². The second-order valence-corrected chi connectivity index (χ2v) is 22.4. The van der Waals surface area contributed by atoms with Crippen molar-refractivity contribution in [3.8, 4) is 0 Å². The molecule has 0 radical (unpaired) electrons. The average Bonchev–Trinajstić information content (AvgIpc) is 3.64. The topological polar surface area (TPSA) is 297 Å². The summed E-state index contributed by atoms with van der Waals surface area (Å²) in [6.45, 7) is 5.08. The van der Waals surface area contributed by atoms with Crippen molar-refractivity contribution in [3.63, 3.8) is 0 Å². The monoisotopic (exact) mass is 914 g/mol. The Hall–Kier alpha value is 0.980. The minimum atomic E-state index is -4.67. The lowest BCUT2D eigenvalue weighted by Crippen LogP contribution is -2.30. The zero-order valence-electron chi connectivity index (χ0n) is 31.9. The van der Waals surface area contributed by atoms with Crippen LogP contribution in [0.4, 0.5) is 0 Å². The highest BCUT2D eigenvalue weighted by Gasteiger charge is 2.58. The molecule has 0 bridgehead atoms. The van der Waals surface area contributed by atoms with E-state index in [-0.39, 0.29) is 31.3 Å². The summed E-state index contributed by atoms with van der Waals surface area (Å²) in [7, 11) is -18.5. The summed E-state index contributed by atoms with van der Waals surface area (Å²) in [4.78, 5) is 20.7. The molecule has 2 fully saturated rings. The van der Waals surface area contributed by atoms with Crippen molar-refractivity contribution in [2.75, 3.05) is 70.1 Å². The zero-order chi connectivity index (χ0) is 41.6. The molecule has 0 spiro atoms. The van der Waals surface area contributed by atoms with Gasteiger partial charge in [0.25, 0.3) is 0 Å². The molecule has 11 atom stereocenters. The summed E-state index contributed by atoms with van der Waals surface area (Å²) in [5.41, 5.74) is 0. The third-order valence-electron chi connectivity index (χ3n) is 7.61. The number of aliphatic hydroxyl groups is 2. The van der Waals surface area contributed by atoms with E-state index in [1.165, 1.54) is 0 Å². The first-order valence-corrected chi connectivity index (χ1v) is 24.8. The summed E-state index contributed by atoms with van der Waals surface area (Å²) >= 11 is 0.